The van der Waals surface area contributed by atoms with E-state index in [0.717, 1.165) is 4.31 Å². The molecule has 1 amide bonds. The predicted octanol–water partition coefficient (Wildman–Crippen LogP) is 3.19. The van der Waals surface area contributed by atoms with Crippen molar-refractivity contribution in [1.82, 2.24) is 4.31 Å². The van der Waals surface area contributed by atoms with Gasteiger partial charge >= 0.3 is 6.61 Å². The average molecular weight is 414 g/mol. The first-order valence-corrected chi connectivity index (χ1v) is 9.64. The number of amides is 1. The van der Waals surface area contributed by atoms with Gasteiger partial charge < -0.3 is 14.8 Å². The lowest BCUT2D eigenvalue weighted by Gasteiger charge is -2.13. The molecule has 1 N–H and O–H groups in total. The molecule has 152 valence electrons. The van der Waals surface area contributed by atoms with Crippen LogP contribution in [0.25, 0.3) is 0 Å². The van der Waals surface area contributed by atoms with Crippen LogP contribution in [-0.4, -0.2) is 45.9 Å². The Labute approximate surface area is 161 Å². The first-order valence-electron chi connectivity index (χ1n) is 8.20. The number of hydrogen-bond donors (Lipinski definition) is 1. The predicted molar refractivity (Wildman–Crippen MR) is 99.5 cm³/mol. The van der Waals surface area contributed by atoms with Gasteiger partial charge in [0.05, 0.1) is 11.5 Å². The molecule has 0 saturated heterocycles. The second-order valence-corrected chi connectivity index (χ2v) is 7.89. The third kappa shape index (κ3) is 5.17. The van der Waals surface area contributed by atoms with Gasteiger partial charge in [-0.3, -0.25) is 4.79 Å². The minimum absolute atomic E-state index is 0.0166. The number of nitrogens with one attached hydrogen (secondary N) is 1. The third-order valence-electron chi connectivity index (χ3n) is 3.61. The molecule has 0 unspecified atom stereocenters. The Balaban J connectivity index is 2.19. The maximum Gasteiger partial charge on any atom is 0.387 e. The van der Waals surface area contributed by atoms with Crippen molar-refractivity contribution in [2.45, 2.75) is 18.4 Å². The van der Waals surface area contributed by atoms with Crippen molar-refractivity contribution in [3.63, 3.8) is 0 Å². The van der Waals surface area contributed by atoms with Crippen LogP contribution in [0.1, 0.15) is 17.3 Å². The van der Waals surface area contributed by atoms with E-state index in [1.807, 2.05) is 0 Å². The Morgan fingerprint density at radius 3 is 2.29 bits per heavy atom. The molecule has 0 bridgehead atoms. The molecule has 28 heavy (non-hydrogen) atoms. The lowest BCUT2D eigenvalue weighted by Crippen LogP contribution is -2.22. The van der Waals surface area contributed by atoms with E-state index in [9.17, 15) is 22.0 Å². The number of nitrogens with zero attached hydrogens (tertiary/aromatic N) is 1. The normalized spacial score (nSPS) is 11.5. The zero-order chi connectivity index (χ0) is 20.9. The molecule has 0 atom stereocenters. The van der Waals surface area contributed by atoms with Gasteiger partial charge in [0.25, 0.3) is 5.91 Å². The standard InChI is InChI=1S/C18H20F2N2O5S/c1-4-26-16-11-12(5-10-15(16)27-18(19)20)17(23)21-13-6-8-14(9-7-13)28(24,25)22(2)3/h5-11,18H,4H2,1-3H3,(H,21,23). The summed E-state index contributed by atoms with van der Waals surface area (Å²) in [6.07, 6.45) is 0. The molecule has 2 aromatic carbocycles. The molecular weight excluding hydrogens is 394 g/mol. The number of sulfonamides is 1. The highest BCUT2D eigenvalue weighted by Gasteiger charge is 2.18. The minimum atomic E-state index is -3.57. The van der Waals surface area contributed by atoms with Gasteiger partial charge in [0, 0.05) is 25.3 Å². The van der Waals surface area contributed by atoms with Crippen LogP contribution < -0.4 is 14.8 Å². The number of rotatable bonds is 8. The number of carbonyl (C=O) groups is 1. The number of halogens is 2. The average Bonchev–Trinajstić information content (AvgIpc) is 2.63. The van der Waals surface area contributed by atoms with Crippen LogP contribution in [-0.2, 0) is 10.0 Å². The molecule has 0 heterocycles. The van der Waals surface area contributed by atoms with Crippen molar-refractivity contribution in [1.29, 1.82) is 0 Å². The van der Waals surface area contributed by atoms with Crippen LogP contribution in [0.3, 0.4) is 0 Å². The molecule has 0 radical (unpaired) electrons. The second-order valence-electron chi connectivity index (χ2n) is 5.74. The first-order chi connectivity index (χ1) is 13.1. The van der Waals surface area contributed by atoms with Gasteiger partial charge in [-0.25, -0.2) is 12.7 Å². The van der Waals surface area contributed by atoms with Gasteiger partial charge in [0.2, 0.25) is 10.0 Å². The molecule has 7 nitrogen and oxygen atoms in total. The van der Waals surface area contributed by atoms with Crippen molar-refractivity contribution in [3.8, 4) is 11.5 Å². The fraction of sp³-hybridized carbons (Fsp3) is 0.278. The summed E-state index contributed by atoms with van der Waals surface area (Å²) >= 11 is 0. The van der Waals surface area contributed by atoms with Crippen LogP contribution in [0.15, 0.2) is 47.4 Å². The van der Waals surface area contributed by atoms with E-state index in [1.165, 1.54) is 56.6 Å². The van der Waals surface area contributed by atoms with Crippen LogP contribution in [0, 0.1) is 0 Å². The third-order valence-corrected chi connectivity index (χ3v) is 5.44. The van der Waals surface area contributed by atoms with E-state index in [2.05, 4.69) is 10.1 Å². The Bertz CT molecular complexity index is 931. The highest BCUT2D eigenvalue weighted by Crippen LogP contribution is 2.30. The SMILES string of the molecule is CCOc1cc(C(=O)Nc2ccc(S(=O)(=O)N(C)C)cc2)ccc1OC(F)F. The number of hydrogen-bond acceptors (Lipinski definition) is 5. The Kier molecular flexibility index (Phi) is 6.92. The van der Waals surface area contributed by atoms with Crippen molar-refractivity contribution in [2.24, 2.45) is 0 Å². The zero-order valence-corrected chi connectivity index (χ0v) is 16.3. The van der Waals surface area contributed by atoms with Crippen LogP contribution in [0.4, 0.5) is 14.5 Å². The van der Waals surface area contributed by atoms with Crippen LogP contribution in [0.5, 0.6) is 11.5 Å². The van der Waals surface area contributed by atoms with Crippen molar-refractivity contribution in [3.05, 3.63) is 48.0 Å². The van der Waals surface area contributed by atoms with Crippen LogP contribution >= 0.6 is 0 Å². The summed E-state index contributed by atoms with van der Waals surface area (Å²) in [5.74, 6) is -0.678. The molecule has 2 aromatic rings. The summed E-state index contributed by atoms with van der Waals surface area (Å²) in [7, 11) is -0.734. The van der Waals surface area contributed by atoms with Crippen LogP contribution in [0.2, 0.25) is 0 Å². The Morgan fingerprint density at radius 2 is 1.75 bits per heavy atom. The molecule has 2 rings (SSSR count). The molecule has 0 fully saturated rings. The minimum Gasteiger partial charge on any atom is -0.490 e. The van der Waals surface area contributed by atoms with E-state index >= 15 is 0 Å². The highest BCUT2D eigenvalue weighted by molar-refractivity contribution is 7.89. The van der Waals surface area contributed by atoms with Gasteiger partial charge in [-0.05, 0) is 49.4 Å². The lowest BCUT2D eigenvalue weighted by atomic mass is 10.2. The fourth-order valence-corrected chi connectivity index (χ4v) is 3.14. The molecule has 0 spiro atoms. The number of ether oxygens (including phenoxy) is 2. The molecule has 0 aliphatic carbocycles. The maximum absolute atomic E-state index is 12.5. The summed E-state index contributed by atoms with van der Waals surface area (Å²) in [6.45, 7) is -1.15. The van der Waals surface area contributed by atoms with E-state index in [0.29, 0.717) is 5.69 Å². The first kappa shape index (κ1) is 21.6. The molecular formula is C18H20F2N2O5S. The number of carbonyl (C=O) groups excluding carboxylic acids is 1. The highest BCUT2D eigenvalue weighted by atomic mass is 32.2. The van der Waals surface area contributed by atoms with E-state index in [4.69, 9.17) is 4.74 Å². The summed E-state index contributed by atoms with van der Waals surface area (Å²) in [5, 5.41) is 2.60. The quantitative estimate of drug-likeness (QED) is 0.717. The van der Waals surface area contributed by atoms with E-state index < -0.39 is 22.5 Å². The van der Waals surface area contributed by atoms with Gasteiger partial charge in [0.1, 0.15) is 0 Å². The topological polar surface area (TPSA) is 84.9 Å². The molecule has 0 saturated carbocycles. The van der Waals surface area contributed by atoms with Crippen molar-refractivity contribution >= 4 is 21.6 Å². The summed E-state index contributed by atoms with van der Waals surface area (Å²) < 4.78 is 59.7. The van der Waals surface area contributed by atoms with Gasteiger partial charge in [-0.1, -0.05) is 0 Å². The Hall–Kier alpha value is -2.72. The number of anilines is 1. The van der Waals surface area contributed by atoms with Crippen molar-refractivity contribution in [2.75, 3.05) is 26.0 Å². The summed E-state index contributed by atoms with van der Waals surface area (Å²) in [4.78, 5) is 12.5. The zero-order valence-electron chi connectivity index (χ0n) is 15.5. The summed E-state index contributed by atoms with van der Waals surface area (Å²) in [6, 6.07) is 9.48. The monoisotopic (exact) mass is 414 g/mol. The molecule has 0 aromatic heterocycles. The van der Waals surface area contributed by atoms with Gasteiger partial charge in [0.15, 0.2) is 11.5 Å². The lowest BCUT2D eigenvalue weighted by molar-refractivity contribution is -0.0514. The van der Waals surface area contributed by atoms with E-state index in [-0.39, 0.29) is 28.6 Å². The maximum atomic E-state index is 12.5. The summed E-state index contributed by atoms with van der Waals surface area (Å²) in [5.41, 5.74) is 0.531. The molecule has 0 aliphatic heterocycles. The fourth-order valence-electron chi connectivity index (χ4n) is 2.24. The largest absolute Gasteiger partial charge is 0.490 e. The number of alkyl halides is 2. The second kappa shape index (κ2) is 8.98. The Morgan fingerprint density at radius 1 is 1.11 bits per heavy atom. The number of benzene rings is 2. The molecule has 0 aliphatic rings. The van der Waals surface area contributed by atoms with Gasteiger partial charge in [-0.2, -0.15) is 8.78 Å². The van der Waals surface area contributed by atoms with Gasteiger partial charge in [-0.15, -0.1) is 0 Å². The van der Waals surface area contributed by atoms with Crippen molar-refractivity contribution < 1.29 is 31.5 Å². The molecule has 10 heteroatoms. The smallest absolute Gasteiger partial charge is 0.387 e. The van der Waals surface area contributed by atoms with E-state index in [1.54, 1.807) is 6.92 Å².